The number of anilines is 1. The molecule has 11 heteroatoms. The first kappa shape index (κ1) is 22.9. The lowest BCUT2D eigenvalue weighted by molar-refractivity contribution is -0.113. The van der Waals surface area contributed by atoms with E-state index in [-0.39, 0.29) is 17.2 Å². The molecule has 178 valence electrons. The number of fused-ring (bicyclic) bond motifs is 2. The van der Waals surface area contributed by atoms with Gasteiger partial charge in [0.1, 0.15) is 16.1 Å². The molecular formula is C23H26FN7O2S. The monoisotopic (exact) mass is 483 g/mol. The van der Waals surface area contributed by atoms with Gasteiger partial charge in [0.25, 0.3) is 0 Å². The van der Waals surface area contributed by atoms with Crippen molar-refractivity contribution in [2.75, 3.05) is 18.2 Å². The smallest absolute Gasteiger partial charge is 0.236 e. The van der Waals surface area contributed by atoms with Gasteiger partial charge in [-0.1, -0.05) is 17.8 Å². The zero-order chi connectivity index (χ0) is 23.5. The second-order valence-corrected chi connectivity index (χ2v) is 9.44. The number of carbonyl (C=O) groups excluding carboxylic acids is 1. The summed E-state index contributed by atoms with van der Waals surface area (Å²) in [4.78, 5) is 29.1. The van der Waals surface area contributed by atoms with Crippen LogP contribution in [-0.2, 0) is 17.9 Å². The van der Waals surface area contributed by atoms with E-state index in [2.05, 4.69) is 35.9 Å². The summed E-state index contributed by atoms with van der Waals surface area (Å²) in [5.41, 5.74) is 2.51. The fourth-order valence-electron chi connectivity index (χ4n) is 4.34. The van der Waals surface area contributed by atoms with Gasteiger partial charge in [-0.2, -0.15) is 0 Å². The molecule has 0 spiro atoms. The Bertz CT molecular complexity index is 1200. The minimum absolute atomic E-state index is 0.0393. The summed E-state index contributed by atoms with van der Waals surface area (Å²) in [5, 5.41) is 10.7. The van der Waals surface area contributed by atoms with Crippen molar-refractivity contribution in [3.8, 4) is 5.88 Å². The summed E-state index contributed by atoms with van der Waals surface area (Å²) in [6.07, 6.45) is 7.36. The highest BCUT2D eigenvalue weighted by Crippen LogP contribution is 2.27. The summed E-state index contributed by atoms with van der Waals surface area (Å²) < 4.78 is 19.3. The van der Waals surface area contributed by atoms with Crippen molar-refractivity contribution >= 4 is 34.5 Å². The lowest BCUT2D eigenvalue weighted by Gasteiger charge is -2.30. The van der Waals surface area contributed by atoms with E-state index >= 15 is 0 Å². The summed E-state index contributed by atoms with van der Waals surface area (Å²) in [5.74, 6) is 0.891. The fraction of sp³-hybridized carbons (Fsp3) is 0.435. The van der Waals surface area contributed by atoms with Gasteiger partial charge in [0.2, 0.25) is 11.8 Å². The average Bonchev–Trinajstić information content (AvgIpc) is 2.87. The normalized spacial score (nSPS) is 20.1. The van der Waals surface area contributed by atoms with Gasteiger partial charge in [-0.05, 0) is 37.3 Å². The lowest BCUT2D eigenvalue weighted by atomic mass is 9.91. The average molecular weight is 484 g/mol. The Morgan fingerprint density at radius 3 is 2.59 bits per heavy atom. The number of methoxy groups -OCH3 is 1. The maximum Gasteiger partial charge on any atom is 0.236 e. The number of ether oxygens (including phenoxy) is 1. The van der Waals surface area contributed by atoms with E-state index < -0.39 is 0 Å². The van der Waals surface area contributed by atoms with Crippen LogP contribution in [0.2, 0.25) is 0 Å². The van der Waals surface area contributed by atoms with Crippen LogP contribution >= 0.6 is 11.8 Å². The molecule has 5 rings (SSSR count). The molecule has 3 aromatic rings. The molecule has 0 unspecified atom stereocenters. The molecule has 1 fully saturated rings. The Kier molecular flexibility index (Phi) is 6.84. The molecule has 0 saturated heterocycles. The number of nitrogens with zero attached hydrogens (tertiary/aromatic N) is 4. The molecule has 34 heavy (non-hydrogen) atoms. The molecule has 0 bridgehead atoms. The largest absolute Gasteiger partial charge is 0.480 e. The van der Waals surface area contributed by atoms with E-state index in [0.29, 0.717) is 48.1 Å². The van der Waals surface area contributed by atoms with Gasteiger partial charge in [-0.3, -0.25) is 4.79 Å². The molecule has 3 heterocycles. The molecule has 1 amide bonds. The summed E-state index contributed by atoms with van der Waals surface area (Å²) in [6, 6.07) is 3.98. The molecule has 1 aromatic carbocycles. The van der Waals surface area contributed by atoms with Gasteiger partial charge in [0, 0.05) is 25.2 Å². The molecule has 2 aromatic heterocycles. The standard InChI is InChI=1S/C23H26FN7O2S/c1-33-19-11-27-21-17(24)7-2-13(20(21)31-19)8-25-14-3-5-15(6-4-14)26-9-16-10-28-23-22(29-16)30-18(32)12-34-23/h2,7,10-11,14-15,25-26H,3-6,8-9,12H2,1H3,(H,29,30,32). The zero-order valence-corrected chi connectivity index (χ0v) is 19.6. The first-order chi connectivity index (χ1) is 16.6. The van der Waals surface area contributed by atoms with Crippen molar-refractivity contribution in [3.63, 3.8) is 0 Å². The second kappa shape index (κ2) is 10.2. The zero-order valence-electron chi connectivity index (χ0n) is 18.8. The maximum atomic E-state index is 14.1. The van der Waals surface area contributed by atoms with Gasteiger partial charge in [0.05, 0.1) is 31.0 Å². The Hall–Kier alpha value is -2.89. The predicted molar refractivity (Wildman–Crippen MR) is 127 cm³/mol. The molecule has 0 atom stereocenters. The van der Waals surface area contributed by atoms with Crippen LogP contribution in [0, 0.1) is 5.82 Å². The van der Waals surface area contributed by atoms with E-state index in [1.807, 2.05) is 0 Å². The topological polar surface area (TPSA) is 114 Å². The number of aromatic nitrogens is 4. The lowest BCUT2D eigenvalue weighted by Crippen LogP contribution is -2.39. The van der Waals surface area contributed by atoms with Gasteiger partial charge < -0.3 is 20.7 Å². The summed E-state index contributed by atoms with van der Waals surface area (Å²) in [7, 11) is 1.52. The number of carbonyl (C=O) groups is 1. The highest BCUT2D eigenvalue weighted by atomic mass is 32.2. The third-order valence-electron chi connectivity index (χ3n) is 6.19. The molecular weight excluding hydrogens is 457 g/mol. The quantitative estimate of drug-likeness (QED) is 0.467. The predicted octanol–water partition coefficient (Wildman–Crippen LogP) is 2.80. The molecule has 1 saturated carbocycles. The second-order valence-electron chi connectivity index (χ2n) is 8.48. The molecule has 2 aliphatic rings. The summed E-state index contributed by atoms with van der Waals surface area (Å²) >= 11 is 1.41. The Balaban J connectivity index is 1.12. The van der Waals surface area contributed by atoms with E-state index in [0.717, 1.165) is 42.0 Å². The van der Waals surface area contributed by atoms with Crippen molar-refractivity contribution in [1.82, 2.24) is 30.6 Å². The minimum Gasteiger partial charge on any atom is -0.480 e. The van der Waals surface area contributed by atoms with Gasteiger partial charge in [0.15, 0.2) is 11.6 Å². The van der Waals surface area contributed by atoms with Gasteiger partial charge in [-0.15, -0.1) is 0 Å². The fourth-order valence-corrected chi connectivity index (χ4v) is 5.04. The van der Waals surface area contributed by atoms with Gasteiger partial charge in [-0.25, -0.2) is 24.3 Å². The molecule has 1 aliphatic carbocycles. The summed E-state index contributed by atoms with van der Waals surface area (Å²) in [6.45, 7) is 1.21. The van der Waals surface area contributed by atoms with E-state index in [9.17, 15) is 9.18 Å². The third-order valence-corrected chi connectivity index (χ3v) is 7.17. The molecule has 1 aliphatic heterocycles. The van der Waals surface area contributed by atoms with Crippen molar-refractivity contribution < 1.29 is 13.9 Å². The molecule has 0 radical (unpaired) electrons. The van der Waals surface area contributed by atoms with Gasteiger partial charge >= 0.3 is 0 Å². The number of nitrogens with one attached hydrogen (secondary N) is 3. The number of thioether (sulfide) groups is 1. The van der Waals surface area contributed by atoms with Crippen molar-refractivity contribution in [2.24, 2.45) is 0 Å². The molecule has 9 nitrogen and oxygen atoms in total. The molecule has 3 N–H and O–H groups in total. The number of amides is 1. The van der Waals surface area contributed by atoms with Crippen LogP contribution in [-0.4, -0.2) is 50.8 Å². The first-order valence-electron chi connectivity index (χ1n) is 11.3. The van der Waals surface area contributed by atoms with Crippen LogP contribution in [0.3, 0.4) is 0 Å². The van der Waals surface area contributed by atoms with E-state index in [4.69, 9.17) is 4.74 Å². The number of halogens is 1. The van der Waals surface area contributed by atoms with Crippen molar-refractivity contribution in [3.05, 3.63) is 41.6 Å². The third kappa shape index (κ3) is 5.11. The SMILES string of the molecule is COc1cnc2c(F)ccc(CNC3CCC(NCc4cnc5c(n4)NC(=O)CS5)CC3)c2n1. The van der Waals surface area contributed by atoms with E-state index in [1.54, 1.807) is 12.3 Å². The number of hydrogen-bond donors (Lipinski definition) is 3. The Morgan fingerprint density at radius 1 is 1.06 bits per heavy atom. The highest BCUT2D eigenvalue weighted by molar-refractivity contribution is 8.00. The first-order valence-corrected chi connectivity index (χ1v) is 12.3. The minimum atomic E-state index is -0.384. The Labute approximate surface area is 200 Å². The van der Waals surface area contributed by atoms with Crippen molar-refractivity contribution in [1.29, 1.82) is 0 Å². The van der Waals surface area contributed by atoms with Crippen LogP contribution in [0.4, 0.5) is 10.2 Å². The number of benzene rings is 1. The number of hydrogen-bond acceptors (Lipinski definition) is 9. The number of rotatable bonds is 7. The van der Waals surface area contributed by atoms with Crippen LogP contribution in [0.1, 0.15) is 36.9 Å². The Morgan fingerprint density at radius 2 is 1.82 bits per heavy atom. The highest BCUT2D eigenvalue weighted by Gasteiger charge is 2.22. The van der Waals surface area contributed by atoms with E-state index in [1.165, 1.54) is 31.1 Å². The van der Waals surface area contributed by atoms with Crippen LogP contribution in [0.15, 0.2) is 29.6 Å². The van der Waals surface area contributed by atoms with Crippen LogP contribution < -0.4 is 20.7 Å². The van der Waals surface area contributed by atoms with Crippen LogP contribution in [0.5, 0.6) is 5.88 Å². The van der Waals surface area contributed by atoms with Crippen LogP contribution in [0.25, 0.3) is 11.0 Å². The maximum absolute atomic E-state index is 14.1. The van der Waals surface area contributed by atoms with Crippen molar-refractivity contribution in [2.45, 2.75) is 55.9 Å².